The number of aromatic nitrogens is 2. The van der Waals surface area contributed by atoms with E-state index in [1.165, 1.54) is 17.1 Å². The lowest BCUT2D eigenvalue weighted by Gasteiger charge is -2.33. The summed E-state index contributed by atoms with van der Waals surface area (Å²) in [6, 6.07) is -0.348. The molecule has 1 unspecified atom stereocenters. The molecule has 3 aliphatic rings. The number of nitrogens with zero attached hydrogens (tertiary/aromatic N) is 4. The Morgan fingerprint density at radius 1 is 0.966 bits per heavy atom. The molecule has 1 amide bonds. The molecule has 2 aliphatic heterocycles. The quantitative estimate of drug-likeness (QED) is 0.721. The monoisotopic (exact) mass is 424 g/mol. The zero-order valence-corrected chi connectivity index (χ0v) is 18.1. The molecule has 0 bridgehead atoms. The molecule has 1 saturated carbocycles. The predicted octanol–water partition coefficient (Wildman–Crippen LogP) is 2.84. The Labute approximate surface area is 173 Å². The zero-order valence-electron chi connectivity index (χ0n) is 17.3. The summed E-state index contributed by atoms with van der Waals surface area (Å²) in [6.45, 7) is 3.65. The predicted molar refractivity (Wildman–Crippen MR) is 108 cm³/mol. The molecule has 1 aromatic rings. The first-order valence-corrected chi connectivity index (χ1v) is 12.7. The van der Waals surface area contributed by atoms with Crippen molar-refractivity contribution in [2.45, 2.75) is 76.7 Å². The lowest BCUT2D eigenvalue weighted by atomic mass is 9.95. The maximum atomic E-state index is 12.6. The van der Waals surface area contributed by atoms with Crippen LogP contribution >= 0.6 is 0 Å². The minimum Gasteiger partial charge on any atom is -0.423 e. The van der Waals surface area contributed by atoms with Gasteiger partial charge < -0.3 is 9.32 Å². The van der Waals surface area contributed by atoms with Crippen LogP contribution in [0.4, 0.5) is 0 Å². The standard InChI is InChI=1S/C20H32N4O4S/c1-2-29(26,27)24-12-6-5-9-17(24)19-22-21-18(28-19)15-10-13-23(14-11-15)20(25)16-7-3-4-8-16/h15-17H,2-14H2,1H3. The van der Waals surface area contributed by atoms with E-state index in [0.29, 0.717) is 24.2 Å². The van der Waals surface area contributed by atoms with E-state index < -0.39 is 10.0 Å². The van der Waals surface area contributed by atoms with E-state index in [9.17, 15) is 13.2 Å². The Bertz CT molecular complexity index is 810. The molecule has 8 nitrogen and oxygen atoms in total. The first-order valence-electron chi connectivity index (χ1n) is 11.1. The molecule has 29 heavy (non-hydrogen) atoms. The smallest absolute Gasteiger partial charge is 0.234 e. The summed E-state index contributed by atoms with van der Waals surface area (Å²) in [5, 5.41) is 8.49. The molecule has 3 heterocycles. The van der Waals surface area contributed by atoms with Crippen molar-refractivity contribution in [3.63, 3.8) is 0 Å². The van der Waals surface area contributed by atoms with Gasteiger partial charge in [-0.05, 0) is 45.4 Å². The van der Waals surface area contributed by atoms with E-state index >= 15 is 0 Å². The summed E-state index contributed by atoms with van der Waals surface area (Å²) in [4.78, 5) is 14.6. The number of sulfonamides is 1. The van der Waals surface area contributed by atoms with Crippen molar-refractivity contribution in [1.29, 1.82) is 0 Å². The van der Waals surface area contributed by atoms with Crippen LogP contribution in [0.15, 0.2) is 4.42 Å². The molecule has 162 valence electrons. The highest BCUT2D eigenvalue weighted by Crippen LogP contribution is 2.35. The Hall–Kier alpha value is -1.48. The van der Waals surface area contributed by atoms with Gasteiger partial charge in [-0.2, -0.15) is 4.31 Å². The number of hydrogen-bond acceptors (Lipinski definition) is 6. The van der Waals surface area contributed by atoms with Gasteiger partial charge in [0.15, 0.2) is 0 Å². The van der Waals surface area contributed by atoms with E-state index in [1.807, 2.05) is 4.90 Å². The minimum atomic E-state index is -3.30. The zero-order chi connectivity index (χ0) is 20.4. The maximum Gasteiger partial charge on any atom is 0.234 e. The topological polar surface area (TPSA) is 96.6 Å². The summed E-state index contributed by atoms with van der Waals surface area (Å²) in [5.41, 5.74) is 0. The molecular weight excluding hydrogens is 392 g/mol. The van der Waals surface area contributed by atoms with Gasteiger partial charge in [-0.25, -0.2) is 8.42 Å². The molecule has 1 aromatic heterocycles. The normalized spacial score (nSPS) is 25.6. The number of amides is 1. The van der Waals surface area contributed by atoms with Crippen molar-refractivity contribution in [2.24, 2.45) is 5.92 Å². The molecule has 9 heteroatoms. The van der Waals surface area contributed by atoms with Crippen LogP contribution in [0.3, 0.4) is 0 Å². The van der Waals surface area contributed by atoms with Gasteiger partial charge in [-0.1, -0.05) is 19.3 Å². The maximum absolute atomic E-state index is 12.6. The average molecular weight is 425 g/mol. The molecule has 0 spiro atoms. The van der Waals surface area contributed by atoms with Gasteiger partial charge in [0.2, 0.25) is 27.7 Å². The number of carbonyl (C=O) groups is 1. The number of likely N-dealkylation sites (tertiary alicyclic amines) is 1. The van der Waals surface area contributed by atoms with Gasteiger partial charge in [0, 0.05) is 31.5 Å². The molecular formula is C20H32N4O4S. The molecule has 1 atom stereocenters. The Morgan fingerprint density at radius 3 is 2.31 bits per heavy atom. The van der Waals surface area contributed by atoms with Crippen LogP contribution in [0, 0.1) is 5.92 Å². The number of hydrogen-bond donors (Lipinski definition) is 0. The molecule has 3 fully saturated rings. The largest absolute Gasteiger partial charge is 0.423 e. The van der Waals surface area contributed by atoms with Crippen LogP contribution < -0.4 is 0 Å². The van der Waals surface area contributed by atoms with Crippen LogP contribution in [0.5, 0.6) is 0 Å². The van der Waals surface area contributed by atoms with Gasteiger partial charge in [0.25, 0.3) is 0 Å². The highest BCUT2D eigenvalue weighted by Gasteiger charge is 2.37. The second kappa shape index (κ2) is 8.71. The SMILES string of the molecule is CCS(=O)(=O)N1CCCCC1c1nnc(C2CCN(C(=O)C3CCCC3)CC2)o1. The Morgan fingerprint density at radius 2 is 1.62 bits per heavy atom. The van der Waals surface area contributed by atoms with E-state index in [2.05, 4.69) is 10.2 Å². The average Bonchev–Trinajstić information content (AvgIpc) is 3.46. The van der Waals surface area contributed by atoms with E-state index in [0.717, 1.165) is 58.0 Å². The van der Waals surface area contributed by atoms with Crippen molar-refractivity contribution in [3.05, 3.63) is 11.8 Å². The highest BCUT2D eigenvalue weighted by atomic mass is 32.2. The molecule has 0 radical (unpaired) electrons. The summed E-state index contributed by atoms with van der Waals surface area (Å²) in [5.74, 6) is 1.77. The van der Waals surface area contributed by atoms with Gasteiger partial charge in [-0.15, -0.1) is 10.2 Å². The Balaban J connectivity index is 1.40. The van der Waals surface area contributed by atoms with E-state index in [-0.39, 0.29) is 23.6 Å². The molecule has 4 rings (SSSR count). The lowest BCUT2D eigenvalue weighted by Crippen LogP contribution is -2.40. The third kappa shape index (κ3) is 4.35. The molecule has 2 saturated heterocycles. The van der Waals surface area contributed by atoms with Crippen molar-refractivity contribution in [2.75, 3.05) is 25.4 Å². The van der Waals surface area contributed by atoms with Crippen LogP contribution in [-0.2, 0) is 14.8 Å². The fourth-order valence-corrected chi connectivity index (χ4v) is 6.30. The fourth-order valence-electron chi connectivity index (χ4n) is 4.97. The van der Waals surface area contributed by atoms with Crippen LogP contribution in [0.2, 0.25) is 0 Å². The van der Waals surface area contributed by atoms with Crippen LogP contribution in [0.25, 0.3) is 0 Å². The minimum absolute atomic E-state index is 0.0813. The first-order chi connectivity index (χ1) is 14.0. The number of rotatable bonds is 5. The molecule has 0 aromatic carbocycles. The number of carbonyl (C=O) groups excluding carboxylic acids is 1. The second-order valence-corrected chi connectivity index (χ2v) is 10.8. The molecule has 1 aliphatic carbocycles. The van der Waals surface area contributed by atoms with Crippen LogP contribution in [-0.4, -0.2) is 59.1 Å². The van der Waals surface area contributed by atoms with Gasteiger partial charge in [0.1, 0.15) is 6.04 Å². The summed E-state index contributed by atoms with van der Waals surface area (Å²) < 4.78 is 32.4. The van der Waals surface area contributed by atoms with Crippen molar-refractivity contribution < 1.29 is 17.6 Å². The summed E-state index contributed by atoms with van der Waals surface area (Å²) in [7, 11) is -3.30. The Kier molecular flexibility index (Phi) is 6.24. The third-order valence-corrected chi connectivity index (χ3v) is 8.66. The lowest BCUT2D eigenvalue weighted by molar-refractivity contribution is -0.136. The second-order valence-electron chi connectivity index (χ2n) is 8.58. The van der Waals surface area contributed by atoms with E-state index in [4.69, 9.17) is 4.42 Å². The summed E-state index contributed by atoms with van der Waals surface area (Å²) >= 11 is 0. The molecule has 0 N–H and O–H groups in total. The van der Waals surface area contributed by atoms with E-state index in [1.54, 1.807) is 6.92 Å². The van der Waals surface area contributed by atoms with Gasteiger partial charge in [-0.3, -0.25) is 4.79 Å². The van der Waals surface area contributed by atoms with Crippen molar-refractivity contribution in [3.8, 4) is 0 Å². The van der Waals surface area contributed by atoms with Crippen molar-refractivity contribution >= 4 is 15.9 Å². The summed E-state index contributed by atoms with van der Waals surface area (Å²) in [6.07, 6.45) is 8.59. The van der Waals surface area contributed by atoms with Crippen LogP contribution in [0.1, 0.15) is 88.5 Å². The first kappa shape index (κ1) is 20.8. The fraction of sp³-hybridized carbons (Fsp3) is 0.850. The number of piperidine rings is 2. The highest BCUT2D eigenvalue weighted by molar-refractivity contribution is 7.89. The van der Waals surface area contributed by atoms with Gasteiger partial charge >= 0.3 is 0 Å². The van der Waals surface area contributed by atoms with Gasteiger partial charge in [0.05, 0.1) is 5.75 Å². The van der Waals surface area contributed by atoms with Crippen molar-refractivity contribution in [1.82, 2.24) is 19.4 Å². The third-order valence-electron chi connectivity index (χ3n) is 6.78.